The van der Waals surface area contributed by atoms with E-state index < -0.39 is 0 Å². The fourth-order valence-electron chi connectivity index (χ4n) is 3.07. The van der Waals surface area contributed by atoms with Gasteiger partial charge in [0.05, 0.1) is 5.56 Å². The molecule has 1 heterocycles. The van der Waals surface area contributed by atoms with Gasteiger partial charge in [-0.2, -0.15) is 0 Å². The highest BCUT2D eigenvalue weighted by Gasteiger charge is 2.29. The standard InChI is InChI=1S/C15H19NO2S/c16-15(18)14-10-6-1-2-7-12(10)19-13(14)8-11(17)9-4-3-5-9/h9H,1-8H2,(H2,16,18). The van der Waals surface area contributed by atoms with Gasteiger partial charge in [0.25, 0.3) is 0 Å². The van der Waals surface area contributed by atoms with Crippen molar-refractivity contribution in [1.82, 2.24) is 0 Å². The number of aryl methyl sites for hydroxylation is 1. The number of nitrogens with two attached hydrogens (primary N) is 1. The van der Waals surface area contributed by atoms with Crippen LogP contribution < -0.4 is 5.73 Å². The molecule has 4 heteroatoms. The van der Waals surface area contributed by atoms with E-state index in [1.165, 1.54) is 17.7 Å². The summed E-state index contributed by atoms with van der Waals surface area (Å²) in [7, 11) is 0. The molecule has 1 aromatic heterocycles. The number of carbonyl (C=O) groups is 2. The molecule has 1 saturated carbocycles. The molecule has 0 aliphatic heterocycles. The van der Waals surface area contributed by atoms with E-state index in [1.54, 1.807) is 11.3 Å². The van der Waals surface area contributed by atoms with Crippen LogP contribution in [0.5, 0.6) is 0 Å². The van der Waals surface area contributed by atoms with Crippen LogP contribution in [0, 0.1) is 5.92 Å². The average molecular weight is 277 g/mol. The van der Waals surface area contributed by atoms with Crippen LogP contribution in [0.15, 0.2) is 0 Å². The van der Waals surface area contributed by atoms with Crippen LogP contribution in [0.1, 0.15) is 57.8 Å². The molecule has 1 fully saturated rings. The molecule has 1 aromatic rings. The Kier molecular flexibility index (Phi) is 3.44. The van der Waals surface area contributed by atoms with E-state index in [0.29, 0.717) is 17.8 Å². The van der Waals surface area contributed by atoms with Gasteiger partial charge in [0.2, 0.25) is 5.91 Å². The maximum Gasteiger partial charge on any atom is 0.250 e. The van der Waals surface area contributed by atoms with Gasteiger partial charge in [0.1, 0.15) is 5.78 Å². The first kappa shape index (κ1) is 12.9. The number of hydrogen-bond donors (Lipinski definition) is 1. The summed E-state index contributed by atoms with van der Waals surface area (Å²) in [6, 6.07) is 0. The lowest BCUT2D eigenvalue weighted by Gasteiger charge is -2.23. The first-order valence-electron chi connectivity index (χ1n) is 7.12. The summed E-state index contributed by atoms with van der Waals surface area (Å²) in [5.74, 6) is 0.183. The number of ketones is 1. The third-order valence-electron chi connectivity index (χ3n) is 4.39. The van der Waals surface area contributed by atoms with E-state index in [1.807, 2.05) is 0 Å². The third kappa shape index (κ3) is 2.34. The molecule has 0 aromatic carbocycles. The SMILES string of the molecule is NC(=O)c1c(CC(=O)C2CCC2)sc2c1CCCC2. The maximum absolute atomic E-state index is 12.1. The Morgan fingerprint density at radius 3 is 2.53 bits per heavy atom. The van der Waals surface area contributed by atoms with Gasteiger partial charge < -0.3 is 5.73 Å². The zero-order valence-corrected chi connectivity index (χ0v) is 11.9. The molecular formula is C15H19NO2S. The van der Waals surface area contributed by atoms with Gasteiger partial charge in [0.15, 0.2) is 0 Å². The van der Waals surface area contributed by atoms with E-state index in [-0.39, 0.29) is 11.8 Å². The third-order valence-corrected chi connectivity index (χ3v) is 5.68. The second kappa shape index (κ2) is 5.08. The normalized spacial score (nSPS) is 18.7. The quantitative estimate of drug-likeness (QED) is 0.919. The van der Waals surface area contributed by atoms with Crippen molar-refractivity contribution >= 4 is 23.0 Å². The van der Waals surface area contributed by atoms with Crippen molar-refractivity contribution < 1.29 is 9.59 Å². The van der Waals surface area contributed by atoms with Crippen LogP contribution in [0.4, 0.5) is 0 Å². The van der Waals surface area contributed by atoms with Crippen molar-refractivity contribution in [3.63, 3.8) is 0 Å². The molecular weight excluding hydrogens is 258 g/mol. The average Bonchev–Trinajstić information content (AvgIpc) is 2.63. The van der Waals surface area contributed by atoms with Gasteiger partial charge >= 0.3 is 0 Å². The van der Waals surface area contributed by atoms with E-state index in [4.69, 9.17) is 5.73 Å². The van der Waals surface area contributed by atoms with Gasteiger partial charge in [-0.05, 0) is 44.1 Å². The van der Waals surface area contributed by atoms with Crippen molar-refractivity contribution in [2.75, 3.05) is 0 Å². The summed E-state index contributed by atoms with van der Waals surface area (Å²) in [6.45, 7) is 0. The van der Waals surface area contributed by atoms with Crippen molar-refractivity contribution in [3.8, 4) is 0 Å². The Hall–Kier alpha value is -1.16. The minimum atomic E-state index is -0.351. The highest BCUT2D eigenvalue weighted by Crippen LogP contribution is 2.36. The van der Waals surface area contributed by atoms with E-state index in [9.17, 15) is 9.59 Å². The Balaban J connectivity index is 1.89. The van der Waals surface area contributed by atoms with Crippen LogP contribution in [-0.4, -0.2) is 11.7 Å². The van der Waals surface area contributed by atoms with Crippen molar-refractivity contribution in [1.29, 1.82) is 0 Å². The van der Waals surface area contributed by atoms with Crippen LogP contribution >= 0.6 is 11.3 Å². The summed E-state index contributed by atoms with van der Waals surface area (Å²) in [4.78, 5) is 26.1. The molecule has 1 amide bonds. The summed E-state index contributed by atoms with van der Waals surface area (Å²) >= 11 is 1.65. The molecule has 102 valence electrons. The lowest BCUT2D eigenvalue weighted by molar-refractivity contribution is -0.124. The molecule has 0 radical (unpaired) electrons. The van der Waals surface area contributed by atoms with E-state index >= 15 is 0 Å². The summed E-state index contributed by atoms with van der Waals surface area (Å²) in [5.41, 5.74) is 7.35. The molecule has 2 aliphatic carbocycles. The van der Waals surface area contributed by atoms with Gasteiger partial charge in [-0.3, -0.25) is 9.59 Å². The Bertz CT molecular complexity index is 528. The lowest BCUT2D eigenvalue weighted by atomic mass is 9.80. The first-order valence-corrected chi connectivity index (χ1v) is 7.94. The van der Waals surface area contributed by atoms with Crippen molar-refractivity contribution in [2.24, 2.45) is 11.7 Å². The predicted octanol–water partition coefficient (Wildman–Crippen LogP) is 2.64. The number of hydrogen-bond acceptors (Lipinski definition) is 3. The molecule has 2 aliphatic rings. The number of rotatable bonds is 4. The van der Waals surface area contributed by atoms with Crippen LogP contribution in [0.25, 0.3) is 0 Å². The van der Waals surface area contributed by atoms with Crippen LogP contribution in [-0.2, 0) is 24.1 Å². The minimum absolute atomic E-state index is 0.236. The van der Waals surface area contributed by atoms with Crippen molar-refractivity contribution in [3.05, 3.63) is 20.9 Å². The lowest BCUT2D eigenvalue weighted by Crippen LogP contribution is -2.24. The number of thiophene rings is 1. The molecule has 0 bridgehead atoms. The minimum Gasteiger partial charge on any atom is -0.366 e. The Morgan fingerprint density at radius 2 is 1.89 bits per heavy atom. The molecule has 0 atom stereocenters. The highest BCUT2D eigenvalue weighted by molar-refractivity contribution is 7.12. The largest absolute Gasteiger partial charge is 0.366 e. The second-order valence-corrected chi connectivity index (χ2v) is 6.83. The summed E-state index contributed by atoms with van der Waals surface area (Å²) < 4.78 is 0. The molecule has 3 rings (SSSR count). The molecule has 2 N–H and O–H groups in total. The van der Waals surface area contributed by atoms with Crippen LogP contribution in [0.2, 0.25) is 0 Å². The van der Waals surface area contributed by atoms with E-state index in [2.05, 4.69) is 0 Å². The first-order chi connectivity index (χ1) is 9.16. The molecule has 0 unspecified atom stereocenters. The van der Waals surface area contributed by atoms with Gasteiger partial charge in [-0.15, -0.1) is 11.3 Å². The monoisotopic (exact) mass is 277 g/mol. The van der Waals surface area contributed by atoms with Gasteiger partial charge in [0, 0.05) is 22.1 Å². The van der Waals surface area contributed by atoms with Gasteiger partial charge in [-0.25, -0.2) is 0 Å². The maximum atomic E-state index is 12.1. The zero-order valence-electron chi connectivity index (χ0n) is 11.0. The fourth-order valence-corrected chi connectivity index (χ4v) is 4.48. The summed E-state index contributed by atoms with van der Waals surface area (Å²) in [5, 5.41) is 0. The number of fused-ring (bicyclic) bond motifs is 1. The smallest absolute Gasteiger partial charge is 0.250 e. The zero-order chi connectivity index (χ0) is 13.4. The number of amides is 1. The predicted molar refractivity (Wildman–Crippen MR) is 75.5 cm³/mol. The van der Waals surface area contributed by atoms with Gasteiger partial charge in [-0.1, -0.05) is 6.42 Å². The molecule has 3 nitrogen and oxygen atoms in total. The second-order valence-electron chi connectivity index (χ2n) is 5.64. The number of primary amides is 1. The highest BCUT2D eigenvalue weighted by atomic mass is 32.1. The summed E-state index contributed by atoms with van der Waals surface area (Å²) in [6.07, 6.45) is 7.92. The Labute approximate surface area is 117 Å². The van der Waals surface area contributed by atoms with Crippen LogP contribution in [0.3, 0.4) is 0 Å². The molecule has 19 heavy (non-hydrogen) atoms. The molecule has 0 spiro atoms. The topological polar surface area (TPSA) is 60.2 Å². The van der Waals surface area contributed by atoms with E-state index in [0.717, 1.165) is 42.5 Å². The van der Waals surface area contributed by atoms with Crippen molar-refractivity contribution in [2.45, 2.75) is 51.4 Å². The number of Topliss-reactive ketones (excluding diaryl/α,β-unsaturated/α-hetero) is 1. The molecule has 0 saturated heterocycles. The number of carbonyl (C=O) groups excluding carboxylic acids is 2. The Morgan fingerprint density at radius 1 is 1.16 bits per heavy atom. The fraction of sp³-hybridized carbons (Fsp3) is 0.600.